The minimum Gasteiger partial charge on any atom is -0.273 e. The van der Waals surface area contributed by atoms with Gasteiger partial charge in [0.1, 0.15) is 10.8 Å². The van der Waals surface area contributed by atoms with Gasteiger partial charge in [0.25, 0.3) is 10.0 Å². The van der Waals surface area contributed by atoms with Crippen molar-refractivity contribution in [3.05, 3.63) is 28.3 Å². The molecule has 0 atom stereocenters. The highest BCUT2D eigenvalue weighted by molar-refractivity contribution is 7.90. The minimum absolute atomic E-state index is 0.0664. The fourth-order valence-corrected chi connectivity index (χ4v) is 3.74. The van der Waals surface area contributed by atoms with E-state index in [1.54, 1.807) is 6.07 Å². The number of halogens is 2. The summed E-state index contributed by atoms with van der Waals surface area (Å²) in [7, 11) is -3.94. The van der Waals surface area contributed by atoms with Crippen LogP contribution in [0, 0.1) is 0 Å². The fraction of sp³-hybridized carbons (Fsp3) is 0.364. The third-order valence-corrected chi connectivity index (χ3v) is 4.89. The first kappa shape index (κ1) is 13.6. The first-order valence-corrected chi connectivity index (χ1v) is 7.76. The molecule has 1 aromatic carbocycles. The molecule has 0 spiro atoms. The van der Waals surface area contributed by atoms with Crippen LogP contribution in [-0.2, 0) is 27.7 Å². The normalized spacial score (nSPS) is 14.3. The molecule has 0 saturated carbocycles. The van der Waals surface area contributed by atoms with Gasteiger partial charge in [0, 0.05) is 0 Å². The van der Waals surface area contributed by atoms with Gasteiger partial charge >= 0.3 is 0 Å². The first-order chi connectivity index (χ1) is 8.44. The largest absolute Gasteiger partial charge is 0.273 e. The quantitative estimate of drug-likeness (QED) is 0.867. The summed E-state index contributed by atoms with van der Waals surface area (Å²) in [6.45, 7) is 0. The van der Waals surface area contributed by atoms with Gasteiger partial charge in [-0.1, -0.05) is 11.6 Å². The molecule has 0 aliphatic heterocycles. The number of nitrogens with one attached hydrogen (secondary N) is 1. The Morgan fingerprint density at radius 2 is 1.89 bits per heavy atom. The number of hydrogen-bond donors (Lipinski definition) is 1. The van der Waals surface area contributed by atoms with Crippen LogP contribution in [-0.4, -0.2) is 20.2 Å². The molecular weight excluding hydrogens is 297 g/mol. The van der Waals surface area contributed by atoms with Crippen LogP contribution >= 0.6 is 23.2 Å². The number of benzene rings is 1. The van der Waals surface area contributed by atoms with Crippen molar-refractivity contribution in [2.45, 2.75) is 24.2 Å². The van der Waals surface area contributed by atoms with Crippen molar-refractivity contribution >= 4 is 39.1 Å². The molecule has 0 heterocycles. The molecular formula is C11H11Cl2NO3S. The lowest BCUT2D eigenvalue weighted by atomic mass is 10.1. The van der Waals surface area contributed by atoms with Crippen molar-refractivity contribution in [1.29, 1.82) is 0 Å². The number of aryl methyl sites for hydroxylation is 2. The second-order valence-electron chi connectivity index (χ2n) is 4.07. The number of carbonyl (C=O) groups is 1. The molecule has 0 radical (unpaired) electrons. The zero-order valence-corrected chi connectivity index (χ0v) is 11.7. The van der Waals surface area contributed by atoms with Crippen molar-refractivity contribution in [3.8, 4) is 0 Å². The van der Waals surface area contributed by atoms with Gasteiger partial charge in [-0.05, 0) is 42.5 Å². The molecule has 1 N–H and O–H groups in total. The second-order valence-corrected chi connectivity index (χ2v) is 6.39. The van der Waals surface area contributed by atoms with Crippen LogP contribution in [0.1, 0.15) is 17.5 Å². The number of amides is 1. The summed E-state index contributed by atoms with van der Waals surface area (Å²) < 4.78 is 25.8. The predicted octanol–water partition coefficient (Wildman–Crippen LogP) is 1.87. The Bertz CT molecular complexity index is 599. The van der Waals surface area contributed by atoms with Crippen LogP contribution in [0.5, 0.6) is 0 Å². The van der Waals surface area contributed by atoms with Crippen LogP contribution in [0.2, 0.25) is 5.02 Å². The van der Waals surface area contributed by atoms with Crippen molar-refractivity contribution in [3.63, 3.8) is 0 Å². The van der Waals surface area contributed by atoms with E-state index in [0.717, 1.165) is 30.4 Å². The number of hydrogen-bond acceptors (Lipinski definition) is 3. The Balaban J connectivity index is 2.42. The molecule has 1 amide bonds. The van der Waals surface area contributed by atoms with Crippen molar-refractivity contribution in [2.75, 3.05) is 5.88 Å². The van der Waals surface area contributed by atoms with Gasteiger partial charge in [-0.2, -0.15) is 0 Å². The Morgan fingerprint density at radius 1 is 1.28 bits per heavy atom. The minimum atomic E-state index is -3.94. The maximum absolute atomic E-state index is 11.9. The van der Waals surface area contributed by atoms with Gasteiger partial charge in [0.2, 0.25) is 5.91 Å². The van der Waals surface area contributed by atoms with Crippen LogP contribution in [0.3, 0.4) is 0 Å². The molecule has 0 fully saturated rings. The molecule has 1 aromatic rings. The Labute approximate surface area is 115 Å². The molecule has 0 saturated heterocycles. The van der Waals surface area contributed by atoms with E-state index in [9.17, 15) is 13.2 Å². The van der Waals surface area contributed by atoms with Crippen molar-refractivity contribution < 1.29 is 13.2 Å². The van der Waals surface area contributed by atoms with E-state index in [1.165, 1.54) is 6.07 Å². The molecule has 18 heavy (non-hydrogen) atoms. The lowest BCUT2D eigenvalue weighted by molar-refractivity contribution is -0.116. The summed E-state index contributed by atoms with van der Waals surface area (Å²) in [5.41, 5.74) is 2.04. The molecule has 0 aromatic heterocycles. The van der Waals surface area contributed by atoms with Gasteiger partial charge in [-0.15, -0.1) is 11.6 Å². The number of carbonyl (C=O) groups excluding carboxylic acids is 1. The average Bonchev–Trinajstić information content (AvgIpc) is 2.74. The third kappa shape index (κ3) is 2.63. The SMILES string of the molecule is O=C(CCl)NS(=O)(=O)c1cc2c(cc1Cl)CCC2. The van der Waals surface area contributed by atoms with Crippen LogP contribution in [0.15, 0.2) is 17.0 Å². The van der Waals surface area contributed by atoms with E-state index in [0.29, 0.717) is 0 Å². The van der Waals surface area contributed by atoms with Gasteiger partial charge in [0.15, 0.2) is 0 Å². The zero-order chi connectivity index (χ0) is 13.3. The van der Waals surface area contributed by atoms with E-state index in [1.807, 2.05) is 4.72 Å². The van der Waals surface area contributed by atoms with Gasteiger partial charge in [-0.25, -0.2) is 13.1 Å². The third-order valence-electron chi connectivity index (χ3n) is 2.81. The summed E-state index contributed by atoms with van der Waals surface area (Å²) in [5.74, 6) is -1.19. The lowest BCUT2D eigenvalue weighted by Crippen LogP contribution is -2.31. The van der Waals surface area contributed by atoms with Crippen LogP contribution < -0.4 is 4.72 Å². The Kier molecular flexibility index (Phi) is 3.84. The number of sulfonamides is 1. The standard InChI is InChI=1S/C11H11Cl2NO3S/c12-6-11(15)14-18(16,17)10-5-8-3-1-2-7(8)4-9(10)13/h4-5H,1-3,6H2,(H,14,15). The highest BCUT2D eigenvalue weighted by Gasteiger charge is 2.23. The van der Waals surface area contributed by atoms with E-state index >= 15 is 0 Å². The highest BCUT2D eigenvalue weighted by Crippen LogP contribution is 2.30. The zero-order valence-electron chi connectivity index (χ0n) is 9.37. The maximum atomic E-state index is 11.9. The number of fused-ring (bicyclic) bond motifs is 1. The van der Waals surface area contributed by atoms with Gasteiger partial charge in [-0.3, -0.25) is 4.79 Å². The summed E-state index contributed by atoms with van der Waals surface area (Å²) >= 11 is 11.2. The van der Waals surface area contributed by atoms with E-state index in [2.05, 4.69) is 0 Å². The predicted molar refractivity (Wildman–Crippen MR) is 69.5 cm³/mol. The monoisotopic (exact) mass is 307 g/mol. The Morgan fingerprint density at radius 3 is 2.50 bits per heavy atom. The van der Waals surface area contributed by atoms with E-state index < -0.39 is 21.8 Å². The lowest BCUT2D eigenvalue weighted by Gasteiger charge is -2.09. The second kappa shape index (κ2) is 5.07. The van der Waals surface area contributed by atoms with Crippen molar-refractivity contribution in [1.82, 2.24) is 4.72 Å². The van der Waals surface area contributed by atoms with Crippen molar-refractivity contribution in [2.24, 2.45) is 0 Å². The van der Waals surface area contributed by atoms with Gasteiger partial charge in [0.05, 0.1) is 5.02 Å². The summed E-state index contributed by atoms with van der Waals surface area (Å²) in [6, 6.07) is 3.19. The summed E-state index contributed by atoms with van der Waals surface area (Å²) in [6.07, 6.45) is 2.73. The molecule has 7 heteroatoms. The molecule has 0 bridgehead atoms. The average molecular weight is 308 g/mol. The summed E-state index contributed by atoms with van der Waals surface area (Å²) in [4.78, 5) is 11.0. The highest BCUT2D eigenvalue weighted by atomic mass is 35.5. The van der Waals surface area contributed by atoms with E-state index in [-0.39, 0.29) is 9.92 Å². The molecule has 4 nitrogen and oxygen atoms in total. The smallest absolute Gasteiger partial charge is 0.265 e. The Hall–Kier alpha value is -0.780. The fourth-order valence-electron chi connectivity index (χ4n) is 2.01. The summed E-state index contributed by atoms with van der Waals surface area (Å²) in [5, 5.41) is 0.130. The van der Waals surface area contributed by atoms with Gasteiger partial charge < -0.3 is 0 Å². The molecule has 1 aliphatic carbocycles. The van der Waals surface area contributed by atoms with Crippen LogP contribution in [0.25, 0.3) is 0 Å². The molecule has 98 valence electrons. The first-order valence-electron chi connectivity index (χ1n) is 5.37. The molecule has 0 unspecified atom stereocenters. The van der Waals surface area contributed by atoms with E-state index in [4.69, 9.17) is 23.2 Å². The van der Waals surface area contributed by atoms with Crippen LogP contribution in [0.4, 0.5) is 0 Å². The number of rotatable bonds is 3. The molecule has 2 rings (SSSR count). The topological polar surface area (TPSA) is 63.2 Å². The maximum Gasteiger partial charge on any atom is 0.265 e. The number of alkyl halides is 1. The molecule has 1 aliphatic rings.